The highest BCUT2D eigenvalue weighted by atomic mass is 28.4. The van der Waals surface area contributed by atoms with E-state index in [-0.39, 0.29) is 0 Å². The minimum atomic E-state index is -1.76. The Labute approximate surface area is 161 Å². The van der Waals surface area contributed by atoms with Gasteiger partial charge in [0.05, 0.1) is 0 Å². The van der Waals surface area contributed by atoms with Crippen LogP contribution in [0.3, 0.4) is 0 Å². The molecule has 0 amide bonds. The van der Waals surface area contributed by atoms with E-state index in [0.717, 1.165) is 11.5 Å². The van der Waals surface area contributed by atoms with E-state index in [1.807, 2.05) is 24.3 Å². The van der Waals surface area contributed by atoms with E-state index in [0.29, 0.717) is 11.8 Å². The summed E-state index contributed by atoms with van der Waals surface area (Å²) in [7, 11) is -3.39. The van der Waals surface area contributed by atoms with Crippen LogP contribution in [0.25, 0.3) is 0 Å². The van der Waals surface area contributed by atoms with E-state index >= 15 is 0 Å². The first kappa shape index (κ1) is 19.0. The second-order valence-electron chi connectivity index (χ2n) is 8.52. The molecule has 0 fully saturated rings. The van der Waals surface area contributed by atoms with Crippen molar-refractivity contribution in [1.82, 2.24) is 0 Å². The molecule has 0 bridgehead atoms. The SMILES string of the molecule is CC(C)c1cccc(C(C)C)c1N([Si]1Oc2ccccc2O1)[Si](C)(C)C. The molecule has 139 valence electrons. The van der Waals surface area contributed by atoms with Crippen LogP contribution in [-0.2, 0) is 0 Å². The largest absolute Gasteiger partial charge is 0.675 e. The van der Waals surface area contributed by atoms with Gasteiger partial charge in [0.15, 0.2) is 0 Å². The average Bonchev–Trinajstić information content (AvgIpc) is 2.96. The molecular weight excluding hydrogens is 354 g/mol. The first-order valence-electron chi connectivity index (χ1n) is 9.45. The van der Waals surface area contributed by atoms with Crippen LogP contribution >= 0.6 is 0 Å². The van der Waals surface area contributed by atoms with E-state index in [4.69, 9.17) is 8.85 Å². The lowest BCUT2D eigenvalue weighted by atomic mass is 9.93. The summed E-state index contributed by atoms with van der Waals surface area (Å²) in [6, 6.07) is 14.8. The third-order valence-corrected chi connectivity index (χ3v) is 10.2. The van der Waals surface area contributed by atoms with Gasteiger partial charge in [-0.2, -0.15) is 0 Å². The number of hydrogen-bond donors (Lipinski definition) is 0. The van der Waals surface area contributed by atoms with Gasteiger partial charge in [0.1, 0.15) is 19.7 Å². The molecular formula is C21H30NO2Si2. The number of rotatable bonds is 5. The molecule has 0 aliphatic carbocycles. The molecule has 5 heteroatoms. The van der Waals surface area contributed by atoms with Gasteiger partial charge in [-0.1, -0.05) is 77.7 Å². The maximum Gasteiger partial charge on any atom is 0.675 e. The third kappa shape index (κ3) is 3.55. The molecule has 1 aliphatic rings. The predicted molar refractivity (Wildman–Crippen MR) is 114 cm³/mol. The Hall–Kier alpha value is -1.73. The van der Waals surface area contributed by atoms with Crippen molar-refractivity contribution in [3.63, 3.8) is 0 Å². The number of anilines is 1. The van der Waals surface area contributed by atoms with E-state index in [2.05, 4.69) is 69.8 Å². The van der Waals surface area contributed by atoms with Gasteiger partial charge in [0, 0.05) is 5.69 Å². The molecule has 0 atom stereocenters. The standard InChI is InChI=1S/C21H30NO2Si2/c1-15(2)17-11-10-12-18(16(3)4)21(17)22(26(5,6)7)25-23-19-13-8-9-14-20(19)24-25/h8-16H,1-7H3. The minimum Gasteiger partial charge on any atom is -0.491 e. The summed E-state index contributed by atoms with van der Waals surface area (Å²) in [4.78, 5) is 0. The molecule has 1 aliphatic heterocycles. The molecule has 1 radical (unpaired) electrons. The molecule has 0 spiro atoms. The van der Waals surface area contributed by atoms with Crippen molar-refractivity contribution >= 4 is 23.4 Å². The quantitative estimate of drug-likeness (QED) is 0.587. The van der Waals surface area contributed by atoms with Gasteiger partial charge >= 0.3 is 9.45 Å². The highest BCUT2D eigenvalue weighted by Gasteiger charge is 2.46. The van der Waals surface area contributed by atoms with Crippen molar-refractivity contribution in [2.75, 3.05) is 4.23 Å². The second kappa shape index (κ2) is 7.12. The van der Waals surface area contributed by atoms with Crippen molar-refractivity contribution in [1.29, 1.82) is 0 Å². The van der Waals surface area contributed by atoms with E-state index in [1.165, 1.54) is 16.8 Å². The lowest BCUT2D eigenvalue weighted by Crippen LogP contribution is -2.59. The molecule has 1 heterocycles. The minimum absolute atomic E-state index is 0.453. The van der Waals surface area contributed by atoms with Gasteiger partial charge in [-0.25, -0.2) is 0 Å². The van der Waals surface area contributed by atoms with Crippen LogP contribution in [-0.4, -0.2) is 17.7 Å². The molecule has 3 rings (SSSR count). The summed E-state index contributed by atoms with van der Waals surface area (Å²) < 4.78 is 15.3. The summed E-state index contributed by atoms with van der Waals surface area (Å²) in [6.45, 7) is 16.2. The molecule has 0 aromatic heterocycles. The van der Waals surface area contributed by atoms with Gasteiger partial charge in [0.25, 0.3) is 0 Å². The molecule has 3 nitrogen and oxygen atoms in total. The Bertz CT molecular complexity index is 733. The maximum atomic E-state index is 6.36. The Morgan fingerprint density at radius 1 is 0.769 bits per heavy atom. The van der Waals surface area contributed by atoms with E-state index < -0.39 is 17.7 Å². The van der Waals surface area contributed by atoms with Crippen molar-refractivity contribution in [2.24, 2.45) is 0 Å². The van der Waals surface area contributed by atoms with Crippen LogP contribution in [0.4, 0.5) is 5.69 Å². The molecule has 0 saturated carbocycles. The predicted octanol–water partition coefficient (Wildman–Crippen LogP) is 6.03. The molecule has 0 N–H and O–H groups in total. The van der Waals surface area contributed by atoms with Crippen LogP contribution in [0.2, 0.25) is 19.6 Å². The van der Waals surface area contributed by atoms with Gasteiger partial charge in [-0.05, 0) is 35.1 Å². The van der Waals surface area contributed by atoms with Gasteiger partial charge < -0.3 is 13.1 Å². The van der Waals surface area contributed by atoms with E-state index in [9.17, 15) is 0 Å². The Balaban J connectivity index is 2.14. The molecule has 2 aromatic carbocycles. The van der Waals surface area contributed by atoms with Crippen molar-refractivity contribution in [3.05, 3.63) is 53.6 Å². The fourth-order valence-corrected chi connectivity index (χ4v) is 8.16. The zero-order valence-electron chi connectivity index (χ0n) is 17.0. The number of nitrogens with zero attached hydrogens (tertiary/aromatic N) is 1. The number of benzene rings is 2. The van der Waals surface area contributed by atoms with E-state index in [1.54, 1.807) is 0 Å². The monoisotopic (exact) mass is 384 g/mol. The summed E-state index contributed by atoms with van der Waals surface area (Å²) >= 11 is 0. The first-order chi connectivity index (χ1) is 12.2. The van der Waals surface area contributed by atoms with Crippen LogP contribution in [0, 0.1) is 0 Å². The zero-order chi connectivity index (χ0) is 19.1. The normalized spacial score (nSPS) is 14.3. The highest BCUT2D eigenvalue weighted by molar-refractivity contribution is 6.90. The van der Waals surface area contributed by atoms with Crippen molar-refractivity contribution < 1.29 is 8.85 Å². The summed E-state index contributed by atoms with van der Waals surface area (Å²) in [5.41, 5.74) is 4.12. The van der Waals surface area contributed by atoms with Crippen LogP contribution in [0.5, 0.6) is 11.5 Å². The average molecular weight is 385 g/mol. The number of para-hydroxylation sites is 3. The molecule has 26 heavy (non-hydrogen) atoms. The fourth-order valence-electron chi connectivity index (χ4n) is 3.39. The highest BCUT2D eigenvalue weighted by Crippen LogP contribution is 2.41. The summed E-state index contributed by atoms with van der Waals surface area (Å²) in [5.74, 6) is 2.65. The Morgan fingerprint density at radius 3 is 1.62 bits per heavy atom. The smallest absolute Gasteiger partial charge is 0.491 e. The maximum absolute atomic E-state index is 6.36. The lowest BCUT2D eigenvalue weighted by Gasteiger charge is -2.40. The van der Waals surface area contributed by atoms with Gasteiger partial charge in [0.2, 0.25) is 0 Å². The zero-order valence-corrected chi connectivity index (χ0v) is 19.0. The summed E-state index contributed by atoms with van der Waals surface area (Å²) in [6.07, 6.45) is 0. The van der Waals surface area contributed by atoms with Crippen LogP contribution < -0.4 is 13.1 Å². The van der Waals surface area contributed by atoms with Crippen molar-refractivity contribution in [2.45, 2.75) is 59.2 Å². The Kier molecular flexibility index (Phi) is 5.22. The van der Waals surface area contributed by atoms with Crippen LogP contribution in [0.15, 0.2) is 42.5 Å². The number of fused-ring (bicyclic) bond motifs is 1. The fraction of sp³-hybridized carbons (Fsp3) is 0.429. The van der Waals surface area contributed by atoms with Crippen LogP contribution in [0.1, 0.15) is 50.7 Å². The molecule has 0 saturated heterocycles. The first-order valence-corrected chi connectivity index (χ1v) is 14.2. The van der Waals surface area contributed by atoms with Crippen molar-refractivity contribution in [3.8, 4) is 11.5 Å². The molecule has 2 aromatic rings. The lowest BCUT2D eigenvalue weighted by molar-refractivity contribution is 0.500. The number of hydrogen-bond acceptors (Lipinski definition) is 3. The molecule has 0 unspecified atom stereocenters. The van der Waals surface area contributed by atoms with Gasteiger partial charge in [-0.15, -0.1) is 0 Å². The topological polar surface area (TPSA) is 21.7 Å². The van der Waals surface area contributed by atoms with Gasteiger partial charge in [-0.3, -0.25) is 0 Å². The summed E-state index contributed by atoms with van der Waals surface area (Å²) in [5, 5.41) is 0. The third-order valence-electron chi connectivity index (χ3n) is 4.66. The Morgan fingerprint density at radius 2 is 1.23 bits per heavy atom. The second-order valence-corrected chi connectivity index (χ2v) is 15.1.